The van der Waals surface area contributed by atoms with E-state index in [0.717, 1.165) is 14.3 Å². The van der Waals surface area contributed by atoms with Gasteiger partial charge in [0.05, 0.1) is 0 Å². The molecule has 0 N–H and O–H groups in total. The Morgan fingerprint density at radius 3 is 1.04 bits per heavy atom. The van der Waals surface area contributed by atoms with Crippen LogP contribution in [0.1, 0.15) is 0 Å². The molecule has 0 bridgehead atoms. The van der Waals surface area contributed by atoms with Gasteiger partial charge in [0.2, 0.25) is 0 Å². The molecule has 0 radical (unpaired) electrons. The number of aromatic nitrogens is 6. The SMILES string of the molecule is Cn1ccn([BH-](n2ccn(C)c2=S)n2ccn(C)c2=S)c1=S.[Na+]. The van der Waals surface area contributed by atoms with E-state index in [1.807, 2.05) is 72.0 Å². The summed E-state index contributed by atoms with van der Waals surface area (Å²) in [5, 5.41) is 0. The molecule has 0 saturated heterocycles. The van der Waals surface area contributed by atoms with Crippen molar-refractivity contribution in [2.75, 3.05) is 0 Å². The van der Waals surface area contributed by atoms with E-state index in [2.05, 4.69) is 13.4 Å². The molecule has 0 aliphatic heterocycles. The molecule has 0 unspecified atom stereocenters. The fourth-order valence-corrected chi connectivity index (χ4v) is 3.38. The minimum absolute atomic E-state index is 0. The Hall–Kier alpha value is -0.645. The summed E-state index contributed by atoms with van der Waals surface area (Å²) in [7, 11) is 4.50. The van der Waals surface area contributed by atoms with E-state index >= 15 is 0 Å². The van der Waals surface area contributed by atoms with E-state index in [1.54, 1.807) is 0 Å². The number of rotatable bonds is 3. The zero-order chi connectivity index (χ0) is 16.0. The molecular weight excluding hydrogens is 358 g/mol. The third kappa shape index (κ3) is 3.15. The number of aryl methyl sites for hydroxylation is 3. The van der Waals surface area contributed by atoms with Crippen LogP contribution in [0.4, 0.5) is 0 Å². The van der Waals surface area contributed by atoms with Crippen molar-refractivity contribution in [3.63, 3.8) is 0 Å². The Kier molecular flexibility index (Phi) is 5.75. The molecule has 0 fully saturated rings. The average Bonchev–Trinajstić information content (AvgIpc) is 3.10. The molecule has 3 aromatic heterocycles. The summed E-state index contributed by atoms with van der Waals surface area (Å²) in [6.07, 6.45) is 11.8. The molecule has 0 aliphatic carbocycles. The largest absolute Gasteiger partial charge is 1.00 e. The van der Waals surface area contributed by atoms with E-state index in [0.29, 0.717) is 0 Å². The van der Waals surface area contributed by atoms with Crippen LogP contribution in [0.25, 0.3) is 0 Å². The summed E-state index contributed by atoms with van der Waals surface area (Å²) < 4.78 is 14.1. The van der Waals surface area contributed by atoms with Crippen LogP contribution < -0.4 is 29.6 Å². The molecule has 3 rings (SSSR count). The van der Waals surface area contributed by atoms with E-state index in [4.69, 9.17) is 36.7 Å². The monoisotopic (exact) mass is 374 g/mol. The molecule has 3 aromatic rings. The minimum atomic E-state index is -1.30. The fourth-order valence-electron chi connectivity index (χ4n) is 2.67. The topological polar surface area (TPSA) is 29.6 Å². The molecule has 23 heavy (non-hydrogen) atoms. The third-order valence-corrected chi connectivity index (χ3v) is 5.53. The second-order valence-electron chi connectivity index (χ2n) is 5.41. The van der Waals surface area contributed by atoms with Gasteiger partial charge >= 0.3 is 29.6 Å². The molecule has 6 nitrogen and oxygen atoms in total. The molecule has 0 amide bonds. The van der Waals surface area contributed by atoms with Crippen molar-refractivity contribution in [1.82, 2.24) is 27.1 Å². The number of hydrogen-bond donors (Lipinski definition) is 0. The summed E-state index contributed by atoms with van der Waals surface area (Å²) in [4.78, 5) is 0. The molecule has 11 heteroatoms. The first-order valence-electron chi connectivity index (χ1n) is 6.79. The van der Waals surface area contributed by atoms with Gasteiger partial charge in [0, 0.05) is 39.7 Å². The molecule has 0 saturated carbocycles. The van der Waals surface area contributed by atoms with Crippen LogP contribution in [0.5, 0.6) is 0 Å². The van der Waals surface area contributed by atoms with Gasteiger partial charge in [-0.05, 0) is 55.2 Å². The van der Waals surface area contributed by atoms with Crippen molar-refractivity contribution in [3.8, 4) is 0 Å². The van der Waals surface area contributed by atoms with E-state index in [-0.39, 0.29) is 29.6 Å². The molecule has 116 valence electrons. The molecule has 0 atom stereocenters. The second kappa shape index (κ2) is 7.08. The van der Waals surface area contributed by atoms with Crippen molar-refractivity contribution in [1.29, 1.82) is 0 Å². The molecule has 3 heterocycles. The summed E-state index contributed by atoms with van der Waals surface area (Å²) in [5.74, 6) is 0. The van der Waals surface area contributed by atoms with E-state index in [9.17, 15) is 0 Å². The molecule has 0 aromatic carbocycles. The number of nitrogens with zero attached hydrogens (tertiary/aromatic N) is 6. The van der Waals surface area contributed by atoms with Crippen LogP contribution in [-0.4, -0.2) is 34.3 Å². The summed E-state index contributed by atoms with van der Waals surface area (Å²) in [5.41, 5.74) is 0. The van der Waals surface area contributed by atoms with Crippen molar-refractivity contribution in [2.24, 2.45) is 21.1 Å². The maximum Gasteiger partial charge on any atom is 1.00 e. The maximum atomic E-state index is 5.54. The van der Waals surface area contributed by atoms with E-state index in [1.165, 1.54) is 0 Å². The van der Waals surface area contributed by atoms with Crippen LogP contribution in [0, 0.1) is 14.3 Å². The van der Waals surface area contributed by atoms with Gasteiger partial charge in [0.25, 0.3) is 7.12 Å². The Labute approximate surface area is 172 Å². The molecule has 0 spiro atoms. The van der Waals surface area contributed by atoms with Crippen LogP contribution in [0.15, 0.2) is 37.2 Å². The predicted octanol–water partition coefficient (Wildman–Crippen LogP) is -1.04. The van der Waals surface area contributed by atoms with Gasteiger partial charge in [0.15, 0.2) is 0 Å². The van der Waals surface area contributed by atoms with Gasteiger partial charge in [-0.2, -0.15) is 0 Å². The Bertz CT molecular complexity index is 874. The quantitative estimate of drug-likeness (QED) is 0.434. The zero-order valence-corrected chi connectivity index (χ0v) is 18.0. The second-order valence-corrected chi connectivity index (χ2v) is 6.50. The minimum Gasteiger partial charge on any atom is -0.463 e. The van der Waals surface area contributed by atoms with Crippen molar-refractivity contribution >= 4 is 43.8 Å². The predicted molar refractivity (Wildman–Crippen MR) is 96.1 cm³/mol. The van der Waals surface area contributed by atoms with Crippen LogP contribution in [0.3, 0.4) is 0 Å². The first-order valence-corrected chi connectivity index (χ1v) is 8.02. The number of imidazole rings is 3. The van der Waals surface area contributed by atoms with Gasteiger partial charge in [0.1, 0.15) is 14.3 Å². The first kappa shape index (κ1) is 18.7. The fraction of sp³-hybridized carbons (Fsp3) is 0.250. The molecular formula is C12H16BN6NaS3. The van der Waals surface area contributed by atoms with Crippen LogP contribution in [0.2, 0.25) is 0 Å². The summed E-state index contributed by atoms with van der Waals surface area (Å²) in [6, 6.07) is 0. The molecule has 0 aliphatic rings. The van der Waals surface area contributed by atoms with Crippen molar-refractivity contribution in [3.05, 3.63) is 51.5 Å². The Morgan fingerprint density at radius 1 is 0.609 bits per heavy atom. The Morgan fingerprint density at radius 2 is 0.870 bits per heavy atom. The van der Waals surface area contributed by atoms with Crippen LogP contribution in [-0.2, 0) is 21.1 Å². The van der Waals surface area contributed by atoms with Gasteiger partial charge in [-0.3, -0.25) is 0 Å². The Balaban J connectivity index is 0.00000192. The van der Waals surface area contributed by atoms with Crippen molar-refractivity contribution in [2.45, 2.75) is 0 Å². The van der Waals surface area contributed by atoms with Gasteiger partial charge < -0.3 is 27.1 Å². The zero-order valence-electron chi connectivity index (χ0n) is 13.6. The van der Waals surface area contributed by atoms with Gasteiger partial charge in [-0.15, -0.1) is 0 Å². The first-order chi connectivity index (χ1) is 10.4. The average molecular weight is 374 g/mol. The standard InChI is InChI=1S/C12H16BN6S3.Na/c1-14-4-7-17(10(14)20)13(18-8-5-15(2)11(18)21)19-9-6-16(3)12(19)22;/h4-9,13H,1-3H3;/q-1;+1. The van der Waals surface area contributed by atoms with Crippen molar-refractivity contribution < 1.29 is 29.6 Å². The van der Waals surface area contributed by atoms with Gasteiger partial charge in [-0.1, -0.05) is 0 Å². The maximum absolute atomic E-state index is 5.54. The number of hydrogen-bond acceptors (Lipinski definition) is 3. The normalized spacial score (nSPS) is 11.0. The van der Waals surface area contributed by atoms with E-state index < -0.39 is 7.12 Å². The summed E-state index contributed by atoms with van der Waals surface area (Å²) in [6.45, 7) is 0. The third-order valence-electron chi connectivity index (χ3n) is 3.97. The van der Waals surface area contributed by atoms with Gasteiger partial charge in [-0.25, -0.2) is 0 Å². The van der Waals surface area contributed by atoms with Crippen LogP contribution >= 0.6 is 36.7 Å². The smallest absolute Gasteiger partial charge is 0.463 e. The summed E-state index contributed by atoms with van der Waals surface area (Å²) >= 11 is 16.6.